The number of rotatable bonds is 7. The Morgan fingerprint density at radius 3 is 2.12 bits per heavy atom. The van der Waals surface area contributed by atoms with Gasteiger partial charge in [-0.1, -0.05) is 20.8 Å². The maximum atomic E-state index is 13.7. The Balaban J connectivity index is 2.30. The minimum atomic E-state index is -1.95. The lowest BCUT2D eigenvalue weighted by Crippen LogP contribution is -2.42. The number of hydrogen-bond acceptors (Lipinski definition) is 4. The zero-order valence-corrected chi connectivity index (χ0v) is 22.2. The zero-order chi connectivity index (χ0) is 24.3. The highest BCUT2D eigenvalue weighted by Crippen LogP contribution is 2.36. The molecule has 0 unspecified atom stereocenters. The summed E-state index contributed by atoms with van der Waals surface area (Å²) in [5, 5.41) is 2.83. The molecule has 0 atom stereocenters. The highest BCUT2D eigenvalue weighted by Gasteiger charge is 2.36. The second kappa shape index (κ2) is 10.4. The molecule has 0 saturated heterocycles. The van der Waals surface area contributed by atoms with Crippen molar-refractivity contribution in [1.82, 2.24) is 5.32 Å². The molecule has 0 aliphatic rings. The molecule has 1 N–H and O–H groups in total. The van der Waals surface area contributed by atoms with Gasteiger partial charge >= 0.3 is 5.97 Å². The maximum absolute atomic E-state index is 13.7. The minimum Gasteiger partial charge on any atom is -0.425 e. The van der Waals surface area contributed by atoms with Gasteiger partial charge in [0.05, 0.1) is 15.7 Å². The van der Waals surface area contributed by atoms with Gasteiger partial charge in [-0.05, 0) is 76.1 Å². The predicted molar refractivity (Wildman–Crippen MR) is 131 cm³/mol. The zero-order valence-electron chi connectivity index (χ0n) is 19.1. The van der Waals surface area contributed by atoms with Crippen molar-refractivity contribution >= 4 is 42.8 Å². The smallest absolute Gasteiger partial charge is 0.308 e. The van der Waals surface area contributed by atoms with Crippen LogP contribution in [0.1, 0.15) is 38.1 Å². The molecular weight excluding hydrogens is 547 g/mol. The molecule has 0 spiro atoms. The van der Waals surface area contributed by atoms with Crippen LogP contribution in [-0.4, -0.2) is 33.3 Å². The third kappa shape index (κ3) is 6.82. The van der Waals surface area contributed by atoms with Crippen molar-refractivity contribution < 1.29 is 27.5 Å². The molecule has 5 nitrogen and oxygen atoms in total. The van der Waals surface area contributed by atoms with E-state index in [0.29, 0.717) is 15.7 Å². The van der Waals surface area contributed by atoms with E-state index in [-0.39, 0.29) is 28.5 Å². The number of carbonyl (C=O) groups excluding carboxylic acids is 2. The number of benzene rings is 2. The first-order valence-corrected chi connectivity index (χ1v) is 14.1. The van der Waals surface area contributed by atoms with Gasteiger partial charge in [0.1, 0.15) is 11.6 Å². The SMILES string of the molecule is CC(=O)Oc1c(I)cc(-c2cc(F)cc(F)c2)cc1C(=O)NCCO[Si](C)(C)C(C)(C)C. The average molecular weight is 575 g/mol. The number of hydrogen-bond donors (Lipinski definition) is 1. The van der Waals surface area contributed by atoms with Gasteiger partial charge in [0, 0.05) is 19.5 Å². The molecule has 2 rings (SSSR count). The van der Waals surface area contributed by atoms with Crippen molar-refractivity contribution in [3.05, 3.63) is 51.1 Å². The van der Waals surface area contributed by atoms with E-state index in [9.17, 15) is 18.4 Å². The van der Waals surface area contributed by atoms with Crippen molar-refractivity contribution in [2.45, 2.75) is 45.8 Å². The van der Waals surface area contributed by atoms with Crippen LogP contribution in [0.2, 0.25) is 18.1 Å². The lowest BCUT2D eigenvalue weighted by molar-refractivity contribution is -0.131. The van der Waals surface area contributed by atoms with Crippen molar-refractivity contribution in [2.24, 2.45) is 0 Å². The Labute approximate surface area is 202 Å². The van der Waals surface area contributed by atoms with Crippen LogP contribution >= 0.6 is 22.6 Å². The first-order chi connectivity index (χ1) is 14.7. The van der Waals surface area contributed by atoms with Gasteiger partial charge in [0.15, 0.2) is 14.1 Å². The van der Waals surface area contributed by atoms with Gasteiger partial charge < -0.3 is 14.5 Å². The molecule has 2 aromatic carbocycles. The summed E-state index contributed by atoms with van der Waals surface area (Å²) in [5.41, 5.74) is 0.788. The summed E-state index contributed by atoms with van der Waals surface area (Å²) in [7, 11) is -1.95. The van der Waals surface area contributed by atoms with E-state index in [1.165, 1.54) is 25.1 Å². The van der Waals surface area contributed by atoms with Crippen molar-refractivity contribution in [3.63, 3.8) is 0 Å². The molecule has 174 valence electrons. The maximum Gasteiger partial charge on any atom is 0.308 e. The van der Waals surface area contributed by atoms with Gasteiger partial charge in [-0.3, -0.25) is 9.59 Å². The van der Waals surface area contributed by atoms with Gasteiger partial charge in [-0.2, -0.15) is 0 Å². The largest absolute Gasteiger partial charge is 0.425 e. The first-order valence-electron chi connectivity index (χ1n) is 10.1. The van der Waals surface area contributed by atoms with Crippen molar-refractivity contribution in [3.8, 4) is 16.9 Å². The fourth-order valence-electron chi connectivity index (χ4n) is 2.68. The minimum absolute atomic E-state index is 0.0458. The molecule has 2 aromatic rings. The van der Waals surface area contributed by atoms with E-state index in [4.69, 9.17) is 9.16 Å². The lowest BCUT2D eigenvalue weighted by Gasteiger charge is -2.36. The molecule has 1 amide bonds. The monoisotopic (exact) mass is 575 g/mol. The molecular formula is C23H28F2INO4Si. The van der Waals surface area contributed by atoms with Crippen LogP contribution in [0.15, 0.2) is 30.3 Å². The number of amides is 1. The quantitative estimate of drug-likeness (QED) is 0.147. The molecule has 0 aromatic heterocycles. The third-order valence-corrected chi connectivity index (χ3v) is 10.7. The molecule has 32 heavy (non-hydrogen) atoms. The van der Waals surface area contributed by atoms with Crippen LogP contribution in [0.5, 0.6) is 5.75 Å². The number of esters is 1. The summed E-state index contributed by atoms with van der Waals surface area (Å²) in [6.07, 6.45) is 0. The lowest BCUT2D eigenvalue weighted by atomic mass is 10.0. The summed E-state index contributed by atoms with van der Waals surface area (Å²) < 4.78 is 39.2. The second-order valence-corrected chi connectivity index (χ2v) is 14.9. The molecule has 0 aliphatic carbocycles. The van der Waals surface area contributed by atoms with E-state index in [1.807, 2.05) is 22.6 Å². The number of halogens is 3. The summed E-state index contributed by atoms with van der Waals surface area (Å²) in [6, 6.07) is 6.18. The van der Waals surface area contributed by atoms with Crippen molar-refractivity contribution in [1.29, 1.82) is 0 Å². The second-order valence-electron chi connectivity index (χ2n) is 8.95. The Morgan fingerprint density at radius 2 is 1.59 bits per heavy atom. The van der Waals surface area contributed by atoms with Crippen LogP contribution < -0.4 is 10.1 Å². The summed E-state index contributed by atoms with van der Waals surface area (Å²) >= 11 is 1.92. The Kier molecular flexibility index (Phi) is 8.57. The molecule has 0 saturated carbocycles. The van der Waals surface area contributed by atoms with Crippen LogP contribution in [0.3, 0.4) is 0 Å². The fourth-order valence-corrected chi connectivity index (χ4v) is 4.46. The molecule has 0 fully saturated rings. The Morgan fingerprint density at radius 1 is 1.03 bits per heavy atom. The van der Waals surface area contributed by atoms with E-state index < -0.39 is 31.8 Å². The molecule has 0 radical (unpaired) electrons. The number of nitrogens with one attached hydrogen (secondary N) is 1. The Hall–Kier alpha value is -1.85. The van der Waals surface area contributed by atoms with E-state index in [1.54, 1.807) is 6.07 Å². The van der Waals surface area contributed by atoms with E-state index in [2.05, 4.69) is 39.2 Å². The fraction of sp³-hybridized carbons (Fsp3) is 0.391. The molecule has 9 heteroatoms. The average Bonchev–Trinajstić information content (AvgIpc) is 2.64. The number of ether oxygens (including phenoxy) is 1. The molecule has 0 heterocycles. The van der Waals surface area contributed by atoms with Gasteiger partial charge in [-0.15, -0.1) is 0 Å². The summed E-state index contributed by atoms with van der Waals surface area (Å²) in [4.78, 5) is 24.5. The highest BCUT2D eigenvalue weighted by atomic mass is 127. The van der Waals surface area contributed by atoms with E-state index >= 15 is 0 Å². The van der Waals surface area contributed by atoms with Crippen LogP contribution in [-0.2, 0) is 9.22 Å². The van der Waals surface area contributed by atoms with E-state index in [0.717, 1.165) is 6.07 Å². The molecule has 0 aliphatic heterocycles. The van der Waals surface area contributed by atoms with Gasteiger partial charge in [-0.25, -0.2) is 8.78 Å². The van der Waals surface area contributed by atoms with Gasteiger partial charge in [0.25, 0.3) is 5.91 Å². The highest BCUT2D eigenvalue weighted by molar-refractivity contribution is 14.1. The standard InChI is InChI=1S/C23H28F2INO4Si/c1-14(28)31-21-19(22(29)27-7-8-30-32(5,6)23(2,3)4)11-16(12-20(21)26)15-9-17(24)13-18(25)10-15/h9-13H,7-8H2,1-6H3,(H,27,29). The van der Waals surface area contributed by atoms with Crippen LogP contribution in [0.25, 0.3) is 11.1 Å². The van der Waals surface area contributed by atoms with Gasteiger partial charge in [0.2, 0.25) is 0 Å². The van der Waals surface area contributed by atoms with Crippen LogP contribution in [0, 0.1) is 15.2 Å². The number of carbonyl (C=O) groups is 2. The predicted octanol–water partition coefficient (Wildman–Crippen LogP) is 5.91. The topological polar surface area (TPSA) is 64.6 Å². The van der Waals surface area contributed by atoms with Crippen LogP contribution in [0.4, 0.5) is 8.78 Å². The van der Waals surface area contributed by atoms with Crippen molar-refractivity contribution in [2.75, 3.05) is 13.2 Å². The molecule has 0 bridgehead atoms. The Bertz CT molecular complexity index is 1000. The normalized spacial score (nSPS) is 11.9. The third-order valence-electron chi connectivity index (χ3n) is 5.39. The first kappa shape index (κ1) is 26.4. The summed E-state index contributed by atoms with van der Waals surface area (Å²) in [5.74, 6) is -2.42. The summed E-state index contributed by atoms with van der Waals surface area (Å²) in [6.45, 7) is 12.5.